The van der Waals surface area contributed by atoms with E-state index in [9.17, 15) is 4.79 Å². The van der Waals surface area contributed by atoms with Crippen molar-refractivity contribution >= 4 is 11.7 Å². The highest BCUT2D eigenvalue weighted by Crippen LogP contribution is 2.12. The standard InChI is InChI=1S/C11H16N2O2/c1-9-5-2-3-6-10(9)13-11(15)12-7-4-8-14/h2-3,5-6,14H,4,7-8H2,1H3,(H2,12,13,15). The average molecular weight is 208 g/mol. The van der Waals surface area contributed by atoms with Gasteiger partial charge < -0.3 is 15.7 Å². The zero-order valence-corrected chi connectivity index (χ0v) is 8.79. The summed E-state index contributed by atoms with van der Waals surface area (Å²) in [5.41, 5.74) is 1.83. The van der Waals surface area contributed by atoms with Crippen molar-refractivity contribution in [1.29, 1.82) is 0 Å². The van der Waals surface area contributed by atoms with Gasteiger partial charge in [0, 0.05) is 18.8 Å². The molecule has 0 bridgehead atoms. The number of carbonyl (C=O) groups is 1. The number of carbonyl (C=O) groups excluding carboxylic acids is 1. The molecule has 0 aliphatic carbocycles. The number of hydrogen-bond acceptors (Lipinski definition) is 2. The van der Waals surface area contributed by atoms with Crippen molar-refractivity contribution in [3.63, 3.8) is 0 Å². The van der Waals surface area contributed by atoms with Crippen LogP contribution in [0.15, 0.2) is 24.3 Å². The molecule has 82 valence electrons. The quantitative estimate of drug-likeness (QED) is 0.657. The first-order chi connectivity index (χ1) is 7.24. The highest BCUT2D eigenvalue weighted by atomic mass is 16.3. The van der Waals surface area contributed by atoms with Gasteiger partial charge in [-0.05, 0) is 25.0 Å². The second-order valence-electron chi connectivity index (χ2n) is 3.27. The van der Waals surface area contributed by atoms with Crippen LogP contribution in [-0.2, 0) is 0 Å². The van der Waals surface area contributed by atoms with Gasteiger partial charge in [0.2, 0.25) is 0 Å². The molecular weight excluding hydrogens is 192 g/mol. The van der Waals surface area contributed by atoms with Crippen molar-refractivity contribution in [2.45, 2.75) is 13.3 Å². The van der Waals surface area contributed by atoms with Crippen LogP contribution in [0.2, 0.25) is 0 Å². The number of hydrogen-bond donors (Lipinski definition) is 3. The Balaban J connectivity index is 2.41. The lowest BCUT2D eigenvalue weighted by molar-refractivity contribution is 0.249. The Morgan fingerprint density at radius 1 is 1.40 bits per heavy atom. The van der Waals surface area contributed by atoms with Gasteiger partial charge in [-0.1, -0.05) is 18.2 Å². The SMILES string of the molecule is Cc1ccccc1NC(=O)NCCCO. The maximum atomic E-state index is 11.3. The molecule has 1 aromatic rings. The number of anilines is 1. The fourth-order valence-corrected chi connectivity index (χ4v) is 1.16. The molecule has 1 rings (SSSR count). The van der Waals surface area contributed by atoms with E-state index in [0.717, 1.165) is 11.3 Å². The number of urea groups is 1. The molecule has 0 atom stereocenters. The summed E-state index contributed by atoms with van der Waals surface area (Å²) in [7, 11) is 0. The molecule has 0 aliphatic heterocycles. The highest BCUT2D eigenvalue weighted by molar-refractivity contribution is 5.89. The number of para-hydroxylation sites is 1. The highest BCUT2D eigenvalue weighted by Gasteiger charge is 2.01. The van der Waals surface area contributed by atoms with Crippen LogP contribution in [-0.4, -0.2) is 24.3 Å². The van der Waals surface area contributed by atoms with Crippen LogP contribution >= 0.6 is 0 Å². The Morgan fingerprint density at radius 2 is 2.13 bits per heavy atom. The van der Waals surface area contributed by atoms with Gasteiger partial charge in [-0.2, -0.15) is 0 Å². The summed E-state index contributed by atoms with van der Waals surface area (Å²) in [6.07, 6.45) is 0.571. The number of aryl methyl sites for hydroxylation is 1. The molecule has 0 aromatic heterocycles. The summed E-state index contributed by atoms with van der Waals surface area (Å²) in [5, 5.41) is 13.9. The van der Waals surface area contributed by atoms with Gasteiger partial charge in [-0.25, -0.2) is 4.79 Å². The number of amides is 2. The van der Waals surface area contributed by atoms with Gasteiger partial charge in [-0.15, -0.1) is 0 Å². The molecule has 4 nitrogen and oxygen atoms in total. The number of benzene rings is 1. The van der Waals surface area contributed by atoms with Crippen LogP contribution in [0, 0.1) is 6.92 Å². The van der Waals surface area contributed by atoms with E-state index in [2.05, 4.69) is 10.6 Å². The lowest BCUT2D eigenvalue weighted by Crippen LogP contribution is -2.30. The predicted molar refractivity (Wildman–Crippen MR) is 59.9 cm³/mol. The fourth-order valence-electron chi connectivity index (χ4n) is 1.16. The van der Waals surface area contributed by atoms with Crippen molar-refractivity contribution < 1.29 is 9.90 Å². The summed E-state index contributed by atoms with van der Waals surface area (Å²) in [6, 6.07) is 7.34. The summed E-state index contributed by atoms with van der Waals surface area (Å²) in [5.74, 6) is 0. The molecule has 0 saturated heterocycles. The summed E-state index contributed by atoms with van der Waals surface area (Å²) in [6.45, 7) is 2.50. The van der Waals surface area contributed by atoms with Crippen LogP contribution in [0.3, 0.4) is 0 Å². The predicted octanol–water partition coefficient (Wildman–Crippen LogP) is 1.50. The monoisotopic (exact) mass is 208 g/mol. The largest absolute Gasteiger partial charge is 0.396 e. The van der Waals surface area contributed by atoms with E-state index in [4.69, 9.17) is 5.11 Å². The van der Waals surface area contributed by atoms with Crippen LogP contribution in [0.25, 0.3) is 0 Å². The summed E-state index contributed by atoms with van der Waals surface area (Å²) in [4.78, 5) is 11.3. The Morgan fingerprint density at radius 3 is 2.80 bits per heavy atom. The van der Waals surface area contributed by atoms with E-state index in [1.807, 2.05) is 31.2 Å². The molecule has 0 aliphatic rings. The number of nitrogens with one attached hydrogen (secondary N) is 2. The molecule has 0 spiro atoms. The molecule has 0 radical (unpaired) electrons. The minimum atomic E-state index is -0.238. The minimum absolute atomic E-state index is 0.0879. The van der Waals surface area contributed by atoms with Crippen LogP contribution < -0.4 is 10.6 Å². The van der Waals surface area contributed by atoms with Gasteiger partial charge in [0.15, 0.2) is 0 Å². The molecule has 0 saturated carbocycles. The van der Waals surface area contributed by atoms with Crippen molar-refractivity contribution in [2.75, 3.05) is 18.5 Å². The van der Waals surface area contributed by atoms with Gasteiger partial charge in [0.1, 0.15) is 0 Å². The van der Waals surface area contributed by atoms with E-state index < -0.39 is 0 Å². The Hall–Kier alpha value is -1.55. The topological polar surface area (TPSA) is 61.4 Å². The van der Waals surface area contributed by atoms with Crippen molar-refractivity contribution in [1.82, 2.24) is 5.32 Å². The number of rotatable bonds is 4. The van der Waals surface area contributed by atoms with Crippen molar-refractivity contribution in [2.24, 2.45) is 0 Å². The van der Waals surface area contributed by atoms with Gasteiger partial charge in [0.05, 0.1) is 0 Å². The van der Waals surface area contributed by atoms with Crippen LogP contribution in [0.5, 0.6) is 0 Å². The third-order valence-corrected chi connectivity index (χ3v) is 2.01. The van der Waals surface area contributed by atoms with E-state index in [1.54, 1.807) is 0 Å². The Kier molecular flexibility index (Phi) is 4.63. The second kappa shape index (κ2) is 6.03. The first-order valence-corrected chi connectivity index (χ1v) is 4.95. The van der Waals surface area contributed by atoms with Gasteiger partial charge >= 0.3 is 6.03 Å². The smallest absolute Gasteiger partial charge is 0.319 e. The lowest BCUT2D eigenvalue weighted by atomic mass is 10.2. The maximum Gasteiger partial charge on any atom is 0.319 e. The van der Waals surface area contributed by atoms with Crippen molar-refractivity contribution in [3.05, 3.63) is 29.8 Å². The zero-order valence-electron chi connectivity index (χ0n) is 8.79. The van der Waals surface area contributed by atoms with Crippen LogP contribution in [0.1, 0.15) is 12.0 Å². The molecular formula is C11H16N2O2. The zero-order chi connectivity index (χ0) is 11.1. The number of aliphatic hydroxyl groups is 1. The molecule has 1 aromatic carbocycles. The Bertz CT molecular complexity index is 326. The second-order valence-corrected chi connectivity index (χ2v) is 3.27. The fraction of sp³-hybridized carbons (Fsp3) is 0.364. The Labute approximate surface area is 89.3 Å². The average Bonchev–Trinajstić information content (AvgIpc) is 2.22. The first-order valence-electron chi connectivity index (χ1n) is 4.95. The van der Waals surface area contributed by atoms with Gasteiger partial charge in [-0.3, -0.25) is 0 Å². The molecule has 15 heavy (non-hydrogen) atoms. The van der Waals surface area contributed by atoms with Crippen LogP contribution in [0.4, 0.5) is 10.5 Å². The maximum absolute atomic E-state index is 11.3. The minimum Gasteiger partial charge on any atom is -0.396 e. The van der Waals surface area contributed by atoms with E-state index in [1.165, 1.54) is 0 Å². The lowest BCUT2D eigenvalue weighted by Gasteiger charge is -2.08. The third kappa shape index (κ3) is 3.99. The number of aliphatic hydroxyl groups excluding tert-OH is 1. The van der Waals surface area contributed by atoms with Gasteiger partial charge in [0.25, 0.3) is 0 Å². The molecule has 4 heteroatoms. The first kappa shape index (κ1) is 11.5. The third-order valence-electron chi connectivity index (χ3n) is 2.01. The normalized spacial score (nSPS) is 9.73. The molecule has 0 unspecified atom stereocenters. The van der Waals surface area contributed by atoms with Crippen molar-refractivity contribution in [3.8, 4) is 0 Å². The molecule has 0 heterocycles. The van der Waals surface area contributed by atoms with E-state index in [0.29, 0.717) is 13.0 Å². The summed E-state index contributed by atoms with van der Waals surface area (Å²) >= 11 is 0. The molecule has 3 N–H and O–H groups in total. The summed E-state index contributed by atoms with van der Waals surface area (Å²) < 4.78 is 0. The molecule has 2 amide bonds. The van der Waals surface area contributed by atoms with E-state index >= 15 is 0 Å². The molecule has 0 fully saturated rings. The van der Waals surface area contributed by atoms with E-state index in [-0.39, 0.29) is 12.6 Å².